The van der Waals surface area contributed by atoms with E-state index in [0.29, 0.717) is 10.8 Å². The maximum absolute atomic E-state index is 12.8. The molecule has 0 aliphatic heterocycles. The number of halogens is 1. The van der Waals surface area contributed by atoms with Crippen molar-refractivity contribution in [3.63, 3.8) is 0 Å². The molecular formula is C24H27ClN2O7. The molecule has 0 saturated heterocycles. The van der Waals surface area contributed by atoms with Gasteiger partial charge in [0.15, 0.2) is 11.4 Å². The van der Waals surface area contributed by atoms with E-state index in [0.717, 1.165) is 12.8 Å². The van der Waals surface area contributed by atoms with Gasteiger partial charge in [0.2, 0.25) is 5.75 Å². The summed E-state index contributed by atoms with van der Waals surface area (Å²) in [5, 5.41) is 3.07. The van der Waals surface area contributed by atoms with Gasteiger partial charge >= 0.3 is 11.9 Å². The van der Waals surface area contributed by atoms with Gasteiger partial charge in [-0.25, -0.2) is 9.78 Å². The Morgan fingerprint density at radius 2 is 1.91 bits per heavy atom. The summed E-state index contributed by atoms with van der Waals surface area (Å²) in [7, 11) is 1.37. The second-order valence-corrected chi connectivity index (χ2v) is 8.44. The molecule has 34 heavy (non-hydrogen) atoms. The van der Waals surface area contributed by atoms with Gasteiger partial charge in [-0.15, -0.1) is 0 Å². The summed E-state index contributed by atoms with van der Waals surface area (Å²) in [5.41, 5.74) is -0.192. The van der Waals surface area contributed by atoms with E-state index in [1.54, 1.807) is 31.2 Å². The zero-order chi connectivity index (χ0) is 24.8. The molecule has 1 aliphatic rings. The molecule has 0 unspecified atom stereocenters. The van der Waals surface area contributed by atoms with Gasteiger partial charge in [-0.1, -0.05) is 17.7 Å². The van der Waals surface area contributed by atoms with Crippen LogP contribution in [-0.2, 0) is 14.3 Å². The summed E-state index contributed by atoms with van der Waals surface area (Å²) < 4.78 is 21.9. The van der Waals surface area contributed by atoms with Gasteiger partial charge in [-0.05, 0) is 50.8 Å². The van der Waals surface area contributed by atoms with E-state index >= 15 is 0 Å². The predicted molar refractivity (Wildman–Crippen MR) is 123 cm³/mol. The number of hydrogen-bond acceptors (Lipinski definition) is 8. The molecule has 1 aromatic heterocycles. The molecule has 1 aliphatic carbocycles. The fourth-order valence-electron chi connectivity index (χ4n) is 3.37. The number of carbonyl (C=O) groups is 3. The van der Waals surface area contributed by atoms with Crippen LogP contribution >= 0.6 is 11.6 Å². The second kappa shape index (κ2) is 11.2. The third kappa shape index (κ3) is 6.60. The molecule has 0 bridgehead atoms. The van der Waals surface area contributed by atoms with Crippen LogP contribution in [0.4, 0.5) is 0 Å². The number of nitrogens with one attached hydrogen (secondary N) is 1. The molecule has 182 valence electrons. The van der Waals surface area contributed by atoms with Crippen LogP contribution < -0.4 is 19.5 Å². The first kappa shape index (κ1) is 25.3. The fourth-order valence-corrected chi connectivity index (χ4v) is 3.55. The molecule has 2 aromatic rings. The Morgan fingerprint density at radius 1 is 1.18 bits per heavy atom. The Bertz CT molecular complexity index is 1060. The van der Waals surface area contributed by atoms with Crippen molar-refractivity contribution in [3.8, 4) is 17.2 Å². The number of pyridine rings is 1. The minimum atomic E-state index is -1.00. The van der Waals surface area contributed by atoms with Gasteiger partial charge in [0, 0.05) is 24.2 Å². The molecule has 1 saturated carbocycles. The topological polar surface area (TPSA) is 113 Å². The van der Waals surface area contributed by atoms with Crippen LogP contribution in [0, 0.1) is 5.92 Å². The third-order valence-corrected chi connectivity index (χ3v) is 5.41. The van der Waals surface area contributed by atoms with Gasteiger partial charge < -0.3 is 24.3 Å². The van der Waals surface area contributed by atoms with Crippen LogP contribution in [0.3, 0.4) is 0 Å². The average Bonchev–Trinajstić information content (AvgIpc) is 3.62. The van der Waals surface area contributed by atoms with Crippen LogP contribution in [0.1, 0.15) is 44.1 Å². The Morgan fingerprint density at radius 3 is 2.53 bits per heavy atom. The molecule has 1 N–H and O–H groups in total. The van der Waals surface area contributed by atoms with E-state index in [1.165, 1.54) is 33.2 Å². The van der Waals surface area contributed by atoms with Crippen LogP contribution in [0.2, 0.25) is 5.02 Å². The summed E-state index contributed by atoms with van der Waals surface area (Å²) in [6, 6.07) is 7.48. The number of carbonyl (C=O) groups excluding carboxylic acids is 3. The van der Waals surface area contributed by atoms with Crippen LogP contribution in [-0.4, -0.2) is 48.2 Å². The number of benzene rings is 1. The first-order chi connectivity index (χ1) is 16.2. The average molecular weight is 491 g/mol. The highest BCUT2D eigenvalue weighted by atomic mass is 35.5. The van der Waals surface area contributed by atoms with Crippen molar-refractivity contribution in [3.05, 3.63) is 47.2 Å². The van der Waals surface area contributed by atoms with Crippen molar-refractivity contribution in [2.45, 2.75) is 51.9 Å². The molecule has 3 atom stereocenters. The molecule has 9 nitrogen and oxygen atoms in total. The van der Waals surface area contributed by atoms with Crippen molar-refractivity contribution < 1.29 is 33.3 Å². The first-order valence-electron chi connectivity index (χ1n) is 10.8. The molecule has 0 radical (unpaired) electrons. The normalized spacial score (nSPS) is 15.4. The fraction of sp³-hybridized carbons (Fsp3) is 0.417. The predicted octanol–water partition coefficient (Wildman–Crippen LogP) is 3.58. The van der Waals surface area contributed by atoms with Gasteiger partial charge in [-0.3, -0.25) is 9.59 Å². The standard InChI is InChI=1S/C24H27ClN2O7/c1-13(27-23(29)20-22(33-15(3)28)19(31-4)10-11-26-20)24(30)32-14(2)21(16-8-9-16)34-18-7-5-6-17(25)12-18/h5-7,10-14,16,21H,8-9H2,1-4H3,(H,27,29)/t13-,14-,21-/m0/s1. The van der Waals surface area contributed by atoms with E-state index in [1.807, 2.05) is 0 Å². The number of nitrogens with zero attached hydrogens (tertiary/aromatic N) is 1. The van der Waals surface area contributed by atoms with Crippen molar-refractivity contribution in [2.75, 3.05) is 7.11 Å². The quantitative estimate of drug-likeness (QED) is 0.503. The van der Waals surface area contributed by atoms with E-state index in [9.17, 15) is 14.4 Å². The van der Waals surface area contributed by atoms with Crippen molar-refractivity contribution >= 4 is 29.4 Å². The van der Waals surface area contributed by atoms with Crippen molar-refractivity contribution in [1.29, 1.82) is 0 Å². The lowest BCUT2D eigenvalue weighted by Gasteiger charge is -2.26. The van der Waals surface area contributed by atoms with E-state index in [-0.39, 0.29) is 29.2 Å². The molecule has 1 fully saturated rings. The number of amides is 1. The molecule has 3 rings (SSSR count). The van der Waals surface area contributed by atoms with E-state index < -0.39 is 30.0 Å². The van der Waals surface area contributed by atoms with Gasteiger partial charge in [0.05, 0.1) is 7.11 Å². The minimum absolute atomic E-state index is 0.132. The zero-order valence-electron chi connectivity index (χ0n) is 19.4. The molecule has 0 spiro atoms. The Labute approximate surface area is 202 Å². The number of hydrogen-bond donors (Lipinski definition) is 1. The SMILES string of the molecule is COc1ccnc(C(=O)N[C@@H](C)C(=O)O[C@@H](C)[C@H](Oc2cccc(Cl)c2)C2CC2)c1OC(C)=O. The van der Waals surface area contributed by atoms with E-state index in [4.69, 9.17) is 30.5 Å². The smallest absolute Gasteiger partial charge is 0.328 e. The second-order valence-electron chi connectivity index (χ2n) is 8.00. The summed E-state index contributed by atoms with van der Waals surface area (Å²) in [5.74, 6) is -1.13. The maximum Gasteiger partial charge on any atom is 0.328 e. The third-order valence-electron chi connectivity index (χ3n) is 5.17. The van der Waals surface area contributed by atoms with E-state index in [2.05, 4.69) is 10.3 Å². The lowest BCUT2D eigenvalue weighted by atomic mass is 10.1. The Balaban J connectivity index is 1.65. The highest BCUT2D eigenvalue weighted by Crippen LogP contribution is 2.37. The van der Waals surface area contributed by atoms with Gasteiger partial charge in [0.1, 0.15) is 24.0 Å². The maximum atomic E-state index is 12.8. The zero-order valence-corrected chi connectivity index (χ0v) is 20.1. The summed E-state index contributed by atoms with van der Waals surface area (Å²) in [6.07, 6.45) is 2.37. The first-order valence-corrected chi connectivity index (χ1v) is 11.2. The van der Waals surface area contributed by atoms with Crippen molar-refractivity contribution in [2.24, 2.45) is 5.92 Å². The highest BCUT2D eigenvalue weighted by molar-refractivity contribution is 6.30. The highest BCUT2D eigenvalue weighted by Gasteiger charge is 2.39. The molecule has 1 aromatic carbocycles. The molecule has 1 heterocycles. The monoisotopic (exact) mass is 490 g/mol. The van der Waals surface area contributed by atoms with Gasteiger partial charge in [0.25, 0.3) is 5.91 Å². The van der Waals surface area contributed by atoms with Crippen LogP contribution in [0.5, 0.6) is 17.2 Å². The van der Waals surface area contributed by atoms with Gasteiger partial charge in [-0.2, -0.15) is 0 Å². The summed E-state index contributed by atoms with van der Waals surface area (Å²) in [6.45, 7) is 4.43. The lowest BCUT2D eigenvalue weighted by molar-refractivity contribution is -0.155. The minimum Gasteiger partial charge on any atom is -0.493 e. The molecule has 10 heteroatoms. The number of rotatable bonds is 10. The Kier molecular flexibility index (Phi) is 8.33. The van der Waals surface area contributed by atoms with Crippen LogP contribution in [0.15, 0.2) is 36.5 Å². The number of methoxy groups -OCH3 is 1. The number of ether oxygens (including phenoxy) is 4. The summed E-state index contributed by atoms with van der Waals surface area (Å²) in [4.78, 5) is 40.9. The largest absolute Gasteiger partial charge is 0.493 e. The van der Waals surface area contributed by atoms with Crippen LogP contribution in [0.25, 0.3) is 0 Å². The van der Waals surface area contributed by atoms with Crippen molar-refractivity contribution in [1.82, 2.24) is 10.3 Å². The summed E-state index contributed by atoms with van der Waals surface area (Å²) >= 11 is 6.04. The molecule has 1 amide bonds. The lowest BCUT2D eigenvalue weighted by Crippen LogP contribution is -2.44. The number of esters is 2. The molecular weight excluding hydrogens is 464 g/mol. The Hall–Kier alpha value is -3.33. The number of aromatic nitrogens is 1.